The van der Waals surface area contributed by atoms with Crippen LogP contribution < -0.4 is 4.74 Å². The van der Waals surface area contributed by atoms with E-state index in [1.165, 1.54) is 82.6 Å². The Hall–Kier alpha value is -1.19. The predicted octanol–water partition coefficient (Wildman–Crippen LogP) is 8.36. The van der Waals surface area contributed by atoms with Crippen molar-refractivity contribution in [1.29, 1.82) is 0 Å². The van der Waals surface area contributed by atoms with Gasteiger partial charge in [-0.2, -0.15) is 13.2 Å². The van der Waals surface area contributed by atoms with Crippen molar-refractivity contribution in [2.24, 2.45) is 23.7 Å². The Bertz CT molecular complexity index is 594. The zero-order valence-electron chi connectivity index (χ0n) is 18.6. The molecule has 1 aromatic carbocycles. The number of halogens is 3. The maximum absolute atomic E-state index is 12.2. The van der Waals surface area contributed by atoms with E-state index in [-0.39, 0.29) is 0 Å². The molecule has 0 N–H and O–H groups in total. The van der Waals surface area contributed by atoms with Crippen molar-refractivity contribution >= 4 is 0 Å². The van der Waals surface area contributed by atoms with Crippen LogP contribution in [0.15, 0.2) is 24.3 Å². The fourth-order valence-corrected chi connectivity index (χ4v) is 5.68. The standard InChI is InChI=1S/C26H39F3O/c1-2-3-4-20-7-13-23(14-8-20)24-15-9-21(10-16-24)5-6-22-11-17-25(18-12-22)30-19-26(27,28)29/h11-12,17-18,20-21,23-24H,2-10,13-16,19H2,1H3/t20-,21-,23-,24-. The summed E-state index contributed by atoms with van der Waals surface area (Å²) in [4.78, 5) is 0. The molecule has 170 valence electrons. The van der Waals surface area contributed by atoms with Gasteiger partial charge in [0.1, 0.15) is 5.75 Å². The molecule has 0 aromatic heterocycles. The molecule has 3 rings (SSSR count). The SMILES string of the molecule is CCCC[C@H]1CC[C@H]([C@H]2CC[C@H](CCc3ccc(OCC(F)(F)F)cc3)CC2)CC1. The molecule has 4 heteroatoms. The average Bonchev–Trinajstić information content (AvgIpc) is 2.76. The van der Waals surface area contributed by atoms with Crippen LogP contribution in [-0.4, -0.2) is 12.8 Å². The molecule has 1 nitrogen and oxygen atoms in total. The maximum atomic E-state index is 12.2. The second-order valence-corrected chi connectivity index (χ2v) is 9.79. The number of aryl methyl sites for hydroxylation is 1. The molecule has 30 heavy (non-hydrogen) atoms. The molecule has 0 heterocycles. The molecular formula is C26H39F3O. The van der Waals surface area contributed by atoms with E-state index in [1.54, 1.807) is 12.1 Å². The summed E-state index contributed by atoms with van der Waals surface area (Å²) in [5, 5.41) is 0. The van der Waals surface area contributed by atoms with Gasteiger partial charge in [-0.1, -0.05) is 64.0 Å². The third-order valence-corrected chi connectivity index (χ3v) is 7.58. The lowest BCUT2D eigenvalue weighted by molar-refractivity contribution is -0.153. The lowest BCUT2D eigenvalue weighted by Gasteiger charge is -2.38. The van der Waals surface area contributed by atoms with E-state index < -0.39 is 12.8 Å². The molecule has 0 aliphatic heterocycles. The first-order valence-corrected chi connectivity index (χ1v) is 12.2. The maximum Gasteiger partial charge on any atom is 0.422 e. The highest BCUT2D eigenvalue weighted by Crippen LogP contribution is 2.43. The molecule has 0 bridgehead atoms. The van der Waals surface area contributed by atoms with E-state index in [1.807, 2.05) is 12.1 Å². The minimum absolute atomic E-state index is 0.293. The van der Waals surface area contributed by atoms with Gasteiger partial charge in [-0.3, -0.25) is 0 Å². The summed E-state index contributed by atoms with van der Waals surface area (Å²) in [6.45, 7) is 1.07. The van der Waals surface area contributed by atoms with Gasteiger partial charge in [0.2, 0.25) is 0 Å². The minimum atomic E-state index is -4.29. The van der Waals surface area contributed by atoms with Crippen molar-refractivity contribution in [1.82, 2.24) is 0 Å². The number of ether oxygens (including phenoxy) is 1. The summed E-state index contributed by atoms with van der Waals surface area (Å²) in [5.41, 5.74) is 1.20. The summed E-state index contributed by atoms with van der Waals surface area (Å²) >= 11 is 0. The largest absolute Gasteiger partial charge is 0.484 e. The van der Waals surface area contributed by atoms with Crippen molar-refractivity contribution in [3.05, 3.63) is 29.8 Å². The molecule has 2 aliphatic rings. The number of alkyl halides is 3. The van der Waals surface area contributed by atoms with Crippen LogP contribution in [0, 0.1) is 23.7 Å². The van der Waals surface area contributed by atoms with Crippen LogP contribution >= 0.6 is 0 Å². The Labute approximate surface area is 180 Å². The highest BCUT2D eigenvalue weighted by molar-refractivity contribution is 5.27. The average molecular weight is 425 g/mol. The van der Waals surface area contributed by atoms with Gasteiger partial charge in [0.05, 0.1) is 0 Å². The molecule has 0 unspecified atom stereocenters. The van der Waals surface area contributed by atoms with Gasteiger partial charge in [-0.05, 0) is 79.9 Å². The summed E-state index contributed by atoms with van der Waals surface area (Å²) in [5.74, 6) is 4.04. The van der Waals surface area contributed by atoms with Crippen LogP contribution in [0.3, 0.4) is 0 Å². The van der Waals surface area contributed by atoms with Crippen LogP contribution in [0.5, 0.6) is 5.75 Å². The zero-order valence-corrected chi connectivity index (χ0v) is 18.6. The molecule has 0 atom stereocenters. The number of hydrogen-bond donors (Lipinski definition) is 0. The Kier molecular flexibility index (Phi) is 8.95. The van der Waals surface area contributed by atoms with E-state index >= 15 is 0 Å². The Balaban J connectivity index is 1.32. The van der Waals surface area contributed by atoms with E-state index in [0.717, 1.165) is 30.1 Å². The minimum Gasteiger partial charge on any atom is -0.484 e. The second-order valence-electron chi connectivity index (χ2n) is 9.79. The third kappa shape index (κ3) is 7.81. The smallest absolute Gasteiger partial charge is 0.422 e. The topological polar surface area (TPSA) is 9.23 Å². The van der Waals surface area contributed by atoms with Crippen LogP contribution in [0.1, 0.15) is 89.5 Å². The molecule has 1 aromatic rings. The Morgan fingerprint density at radius 1 is 0.800 bits per heavy atom. The first kappa shape index (κ1) is 23.5. The van der Waals surface area contributed by atoms with Gasteiger partial charge in [-0.15, -0.1) is 0 Å². The lowest BCUT2D eigenvalue weighted by atomic mass is 9.68. The van der Waals surface area contributed by atoms with E-state index in [9.17, 15) is 13.2 Å². The summed E-state index contributed by atoms with van der Waals surface area (Å²) in [6, 6.07) is 7.15. The normalized spacial score (nSPS) is 27.7. The van der Waals surface area contributed by atoms with Crippen LogP contribution in [0.4, 0.5) is 13.2 Å². The third-order valence-electron chi connectivity index (χ3n) is 7.58. The second kappa shape index (κ2) is 11.4. The van der Waals surface area contributed by atoms with Gasteiger partial charge in [-0.25, -0.2) is 0 Å². The Morgan fingerprint density at radius 2 is 1.33 bits per heavy atom. The number of hydrogen-bond acceptors (Lipinski definition) is 1. The highest BCUT2D eigenvalue weighted by atomic mass is 19.4. The molecule has 2 saturated carbocycles. The fraction of sp³-hybridized carbons (Fsp3) is 0.769. The van der Waals surface area contributed by atoms with Gasteiger partial charge < -0.3 is 4.74 Å². The molecule has 0 amide bonds. The first-order valence-electron chi connectivity index (χ1n) is 12.2. The monoisotopic (exact) mass is 424 g/mol. The van der Waals surface area contributed by atoms with Gasteiger partial charge in [0.15, 0.2) is 6.61 Å². The predicted molar refractivity (Wildman–Crippen MR) is 117 cm³/mol. The van der Waals surface area contributed by atoms with Crippen molar-refractivity contribution in [3.8, 4) is 5.75 Å². The van der Waals surface area contributed by atoms with Gasteiger partial charge in [0.25, 0.3) is 0 Å². The Morgan fingerprint density at radius 3 is 1.83 bits per heavy atom. The van der Waals surface area contributed by atoms with Crippen molar-refractivity contribution in [2.45, 2.75) is 96.6 Å². The highest BCUT2D eigenvalue weighted by Gasteiger charge is 2.31. The molecule has 2 fully saturated rings. The zero-order chi connectivity index (χ0) is 21.4. The van der Waals surface area contributed by atoms with Crippen LogP contribution in [0.25, 0.3) is 0 Å². The molecule has 0 radical (unpaired) electrons. The lowest BCUT2D eigenvalue weighted by Crippen LogP contribution is -2.26. The molecule has 0 spiro atoms. The van der Waals surface area contributed by atoms with Gasteiger partial charge >= 0.3 is 6.18 Å². The van der Waals surface area contributed by atoms with Crippen molar-refractivity contribution in [3.63, 3.8) is 0 Å². The number of benzene rings is 1. The van der Waals surface area contributed by atoms with Crippen LogP contribution in [-0.2, 0) is 6.42 Å². The number of unbranched alkanes of at least 4 members (excludes halogenated alkanes) is 1. The summed E-state index contributed by atoms with van der Waals surface area (Å²) in [6.07, 6.45) is 13.5. The van der Waals surface area contributed by atoms with Crippen molar-refractivity contribution in [2.75, 3.05) is 6.61 Å². The summed E-state index contributed by atoms with van der Waals surface area (Å²) < 4.78 is 41.5. The van der Waals surface area contributed by atoms with Crippen molar-refractivity contribution < 1.29 is 17.9 Å². The molecule has 2 aliphatic carbocycles. The van der Waals surface area contributed by atoms with E-state index in [0.29, 0.717) is 5.75 Å². The summed E-state index contributed by atoms with van der Waals surface area (Å²) in [7, 11) is 0. The first-order chi connectivity index (χ1) is 14.4. The fourth-order valence-electron chi connectivity index (χ4n) is 5.68. The number of rotatable bonds is 9. The van der Waals surface area contributed by atoms with E-state index in [4.69, 9.17) is 4.74 Å². The molecule has 0 saturated heterocycles. The quantitative estimate of drug-likeness (QED) is 0.387. The van der Waals surface area contributed by atoms with Crippen LogP contribution in [0.2, 0.25) is 0 Å². The van der Waals surface area contributed by atoms with Gasteiger partial charge in [0, 0.05) is 0 Å². The molecular weight excluding hydrogens is 385 g/mol. The van der Waals surface area contributed by atoms with E-state index in [2.05, 4.69) is 6.92 Å².